The third-order valence-electron chi connectivity index (χ3n) is 3.82. The SMILES string of the molecule is C=CCn1c(SCC(=O)Nc2cc(Cl)ccc2Cl)nnc1-c1csc(CC)c1. The molecule has 0 aliphatic heterocycles. The highest BCUT2D eigenvalue weighted by atomic mass is 35.5. The van der Waals surface area contributed by atoms with E-state index < -0.39 is 0 Å². The molecule has 0 atom stereocenters. The molecule has 3 aromatic rings. The number of thiophene rings is 1. The normalized spacial score (nSPS) is 10.8. The van der Waals surface area contributed by atoms with Crippen LogP contribution >= 0.6 is 46.3 Å². The predicted molar refractivity (Wildman–Crippen MR) is 119 cm³/mol. The van der Waals surface area contributed by atoms with E-state index in [1.807, 2.05) is 4.57 Å². The number of anilines is 1. The predicted octanol–water partition coefficient (Wildman–Crippen LogP) is 5.79. The average Bonchev–Trinajstić information content (AvgIpc) is 3.30. The highest BCUT2D eigenvalue weighted by molar-refractivity contribution is 7.99. The van der Waals surface area contributed by atoms with Crippen LogP contribution in [0.4, 0.5) is 5.69 Å². The number of hydrogen-bond donors (Lipinski definition) is 1. The van der Waals surface area contributed by atoms with Crippen LogP contribution < -0.4 is 5.32 Å². The van der Waals surface area contributed by atoms with Gasteiger partial charge in [0.1, 0.15) is 0 Å². The number of carbonyl (C=O) groups is 1. The fourth-order valence-corrected chi connectivity index (χ4v) is 4.39. The number of carbonyl (C=O) groups excluding carboxylic acids is 1. The molecule has 0 spiro atoms. The Labute approximate surface area is 181 Å². The number of halogens is 2. The molecule has 1 amide bonds. The summed E-state index contributed by atoms with van der Waals surface area (Å²) in [6.07, 6.45) is 2.77. The second-order valence-corrected chi connectivity index (χ2v) is 8.60. The van der Waals surface area contributed by atoms with Crippen molar-refractivity contribution in [3.05, 3.63) is 57.2 Å². The zero-order chi connectivity index (χ0) is 20.1. The highest BCUT2D eigenvalue weighted by Crippen LogP contribution is 2.29. The maximum Gasteiger partial charge on any atom is 0.234 e. The number of benzene rings is 1. The Bertz CT molecular complexity index is 1000. The van der Waals surface area contributed by atoms with Gasteiger partial charge in [-0.15, -0.1) is 28.1 Å². The van der Waals surface area contributed by atoms with E-state index in [0.29, 0.717) is 27.4 Å². The van der Waals surface area contributed by atoms with E-state index >= 15 is 0 Å². The number of allylic oxidation sites excluding steroid dienone is 1. The maximum absolute atomic E-state index is 12.3. The van der Waals surface area contributed by atoms with Gasteiger partial charge in [-0.05, 0) is 30.7 Å². The topological polar surface area (TPSA) is 59.8 Å². The number of rotatable bonds is 8. The number of hydrogen-bond acceptors (Lipinski definition) is 5. The number of aryl methyl sites for hydroxylation is 1. The number of amides is 1. The van der Waals surface area contributed by atoms with Gasteiger partial charge in [-0.25, -0.2) is 0 Å². The molecule has 0 radical (unpaired) electrons. The Morgan fingerprint density at radius 3 is 2.89 bits per heavy atom. The van der Waals surface area contributed by atoms with Crippen LogP contribution in [0.2, 0.25) is 10.0 Å². The lowest BCUT2D eigenvalue weighted by Crippen LogP contribution is -2.15. The highest BCUT2D eigenvalue weighted by Gasteiger charge is 2.16. The van der Waals surface area contributed by atoms with Gasteiger partial charge in [-0.3, -0.25) is 9.36 Å². The minimum absolute atomic E-state index is 0.169. The smallest absolute Gasteiger partial charge is 0.234 e. The van der Waals surface area contributed by atoms with Crippen LogP contribution in [-0.2, 0) is 17.8 Å². The van der Waals surface area contributed by atoms with Crippen LogP contribution in [0.5, 0.6) is 0 Å². The molecule has 0 aliphatic carbocycles. The number of nitrogens with one attached hydrogen (secondary N) is 1. The third kappa shape index (κ3) is 4.97. The fourth-order valence-electron chi connectivity index (χ4n) is 2.50. The standard InChI is InChI=1S/C19H18Cl2N4OS2/c1-3-7-25-18(12-8-14(4-2)27-10-12)23-24-19(25)28-11-17(26)22-16-9-13(20)5-6-15(16)21/h3,5-6,8-10H,1,4,7,11H2,2H3,(H,22,26). The second-order valence-electron chi connectivity index (χ2n) is 5.82. The summed E-state index contributed by atoms with van der Waals surface area (Å²) in [7, 11) is 0. The largest absolute Gasteiger partial charge is 0.324 e. The molecular weight excluding hydrogens is 435 g/mol. The summed E-state index contributed by atoms with van der Waals surface area (Å²) in [5, 5.41) is 15.0. The fraction of sp³-hybridized carbons (Fsp3) is 0.211. The van der Waals surface area contributed by atoms with Crippen LogP contribution in [-0.4, -0.2) is 26.4 Å². The zero-order valence-electron chi connectivity index (χ0n) is 15.1. The zero-order valence-corrected chi connectivity index (χ0v) is 18.3. The third-order valence-corrected chi connectivity index (χ3v) is 6.44. The number of thioether (sulfide) groups is 1. The molecule has 28 heavy (non-hydrogen) atoms. The van der Waals surface area contributed by atoms with Gasteiger partial charge in [0.25, 0.3) is 0 Å². The summed E-state index contributed by atoms with van der Waals surface area (Å²) < 4.78 is 1.96. The van der Waals surface area contributed by atoms with Crippen molar-refractivity contribution in [2.45, 2.75) is 25.0 Å². The van der Waals surface area contributed by atoms with E-state index in [1.54, 1.807) is 35.6 Å². The molecule has 0 saturated heterocycles. The van der Waals surface area contributed by atoms with Gasteiger partial charge in [0.05, 0.1) is 16.5 Å². The van der Waals surface area contributed by atoms with Gasteiger partial charge in [-0.2, -0.15) is 0 Å². The monoisotopic (exact) mass is 452 g/mol. The van der Waals surface area contributed by atoms with E-state index in [0.717, 1.165) is 17.8 Å². The van der Waals surface area contributed by atoms with Crippen LogP contribution in [0.15, 0.2) is 47.5 Å². The summed E-state index contributed by atoms with van der Waals surface area (Å²) in [5.74, 6) is 0.742. The van der Waals surface area contributed by atoms with Gasteiger partial charge in [0.15, 0.2) is 11.0 Å². The quantitative estimate of drug-likeness (QED) is 0.346. The first-order valence-electron chi connectivity index (χ1n) is 8.51. The van der Waals surface area contributed by atoms with Crippen LogP contribution in [0, 0.1) is 0 Å². The van der Waals surface area contributed by atoms with E-state index in [4.69, 9.17) is 23.2 Å². The van der Waals surface area contributed by atoms with Gasteiger partial charge in [0, 0.05) is 27.4 Å². The van der Waals surface area contributed by atoms with Crippen molar-refractivity contribution in [1.29, 1.82) is 0 Å². The molecule has 0 bridgehead atoms. The summed E-state index contributed by atoms with van der Waals surface area (Å²) >= 11 is 15.1. The first-order chi connectivity index (χ1) is 13.5. The minimum Gasteiger partial charge on any atom is -0.324 e. The van der Waals surface area contributed by atoms with Crippen molar-refractivity contribution in [2.75, 3.05) is 11.1 Å². The van der Waals surface area contributed by atoms with Crippen molar-refractivity contribution < 1.29 is 4.79 Å². The molecule has 0 saturated carbocycles. The van der Waals surface area contributed by atoms with E-state index in [1.165, 1.54) is 16.6 Å². The molecular formula is C19H18Cl2N4OS2. The maximum atomic E-state index is 12.3. The molecule has 0 fully saturated rings. The molecule has 9 heteroatoms. The first-order valence-corrected chi connectivity index (χ1v) is 11.1. The molecule has 3 rings (SSSR count). The Morgan fingerprint density at radius 1 is 1.36 bits per heavy atom. The van der Waals surface area contributed by atoms with Gasteiger partial charge >= 0.3 is 0 Å². The van der Waals surface area contributed by atoms with Gasteiger partial charge in [0.2, 0.25) is 5.91 Å². The van der Waals surface area contributed by atoms with Crippen molar-refractivity contribution in [2.24, 2.45) is 0 Å². The molecule has 5 nitrogen and oxygen atoms in total. The molecule has 1 N–H and O–H groups in total. The van der Waals surface area contributed by atoms with E-state index in [2.05, 4.69) is 40.5 Å². The number of aromatic nitrogens is 3. The first kappa shape index (κ1) is 20.9. The van der Waals surface area contributed by atoms with Gasteiger partial charge < -0.3 is 5.32 Å². The van der Waals surface area contributed by atoms with Gasteiger partial charge in [-0.1, -0.05) is 48.0 Å². The van der Waals surface area contributed by atoms with Crippen molar-refractivity contribution in [3.8, 4) is 11.4 Å². The van der Waals surface area contributed by atoms with Crippen molar-refractivity contribution in [3.63, 3.8) is 0 Å². The molecule has 1 aromatic carbocycles. The Hall–Kier alpha value is -1.80. The lowest BCUT2D eigenvalue weighted by molar-refractivity contribution is -0.113. The molecule has 0 aliphatic rings. The lowest BCUT2D eigenvalue weighted by Gasteiger charge is -2.09. The summed E-state index contributed by atoms with van der Waals surface area (Å²) in [5.41, 5.74) is 1.51. The lowest BCUT2D eigenvalue weighted by atomic mass is 10.2. The van der Waals surface area contributed by atoms with Crippen molar-refractivity contribution in [1.82, 2.24) is 14.8 Å². The van der Waals surface area contributed by atoms with E-state index in [9.17, 15) is 4.79 Å². The Morgan fingerprint density at radius 2 is 2.18 bits per heavy atom. The van der Waals surface area contributed by atoms with Crippen LogP contribution in [0.1, 0.15) is 11.8 Å². The summed E-state index contributed by atoms with van der Waals surface area (Å²) in [6.45, 7) is 6.49. The summed E-state index contributed by atoms with van der Waals surface area (Å²) in [4.78, 5) is 13.6. The van der Waals surface area contributed by atoms with Crippen LogP contribution in [0.25, 0.3) is 11.4 Å². The average molecular weight is 453 g/mol. The molecule has 146 valence electrons. The second kappa shape index (κ2) is 9.60. The van der Waals surface area contributed by atoms with Crippen molar-refractivity contribution >= 4 is 57.9 Å². The molecule has 2 heterocycles. The minimum atomic E-state index is -0.201. The summed E-state index contributed by atoms with van der Waals surface area (Å²) in [6, 6.07) is 7.05. The Balaban J connectivity index is 1.72. The molecule has 0 unspecified atom stereocenters. The van der Waals surface area contributed by atoms with Crippen LogP contribution in [0.3, 0.4) is 0 Å². The number of nitrogens with zero attached hydrogens (tertiary/aromatic N) is 3. The molecule has 2 aromatic heterocycles. The van der Waals surface area contributed by atoms with E-state index in [-0.39, 0.29) is 11.7 Å². The Kier molecular flexibility index (Phi) is 7.18.